The zero-order chi connectivity index (χ0) is 25.7. The lowest BCUT2D eigenvalue weighted by Gasteiger charge is -2.25. The Morgan fingerprint density at radius 1 is 0.972 bits per heavy atom. The average Bonchev–Trinajstić information content (AvgIpc) is 2.88. The minimum Gasteiger partial charge on any atom is -0.497 e. The van der Waals surface area contributed by atoms with Crippen LogP contribution in [0.15, 0.2) is 71.6 Å². The highest BCUT2D eigenvalue weighted by atomic mass is 32.2. The van der Waals surface area contributed by atoms with Gasteiger partial charge in [-0.2, -0.15) is 0 Å². The number of carbonyl (C=O) groups is 1. The van der Waals surface area contributed by atoms with Crippen LogP contribution in [0.4, 0.5) is 5.69 Å². The zero-order valence-corrected chi connectivity index (χ0v) is 21.2. The normalized spacial score (nSPS) is 13.7. The zero-order valence-electron chi connectivity index (χ0n) is 20.4. The number of benzene rings is 3. The van der Waals surface area contributed by atoms with Gasteiger partial charge >= 0.3 is 0 Å². The van der Waals surface area contributed by atoms with Gasteiger partial charge in [-0.05, 0) is 68.2 Å². The molecule has 1 aliphatic rings. The van der Waals surface area contributed by atoms with E-state index in [4.69, 9.17) is 14.2 Å². The van der Waals surface area contributed by atoms with Crippen LogP contribution in [0.2, 0.25) is 0 Å². The molecule has 9 nitrogen and oxygen atoms in total. The Kier molecular flexibility index (Phi) is 7.66. The van der Waals surface area contributed by atoms with E-state index in [1.807, 2.05) is 43.3 Å². The Hall–Kier alpha value is -3.76. The van der Waals surface area contributed by atoms with E-state index in [1.54, 1.807) is 37.4 Å². The molecule has 10 heteroatoms. The molecule has 4 rings (SSSR count). The SMILES string of the molecule is COc1ccc([C@@H](CNC(=O)c2ccc(NS(=O)(=O)c3ccc4c(c3)OCCO4)cc2)N(C)C)cc1. The van der Waals surface area contributed by atoms with Crippen molar-refractivity contribution in [2.75, 3.05) is 45.7 Å². The third-order valence-corrected chi connectivity index (χ3v) is 7.18. The maximum Gasteiger partial charge on any atom is 0.262 e. The summed E-state index contributed by atoms with van der Waals surface area (Å²) < 4.78 is 44.3. The van der Waals surface area contributed by atoms with Crippen LogP contribution in [-0.4, -0.2) is 60.2 Å². The van der Waals surface area contributed by atoms with E-state index in [9.17, 15) is 13.2 Å². The van der Waals surface area contributed by atoms with Gasteiger partial charge in [-0.1, -0.05) is 12.1 Å². The van der Waals surface area contributed by atoms with E-state index < -0.39 is 10.0 Å². The average molecular weight is 512 g/mol. The van der Waals surface area contributed by atoms with Crippen molar-refractivity contribution < 1.29 is 27.4 Å². The van der Waals surface area contributed by atoms with E-state index in [1.165, 1.54) is 12.1 Å². The van der Waals surface area contributed by atoms with Gasteiger partial charge in [-0.15, -0.1) is 0 Å². The molecule has 1 amide bonds. The smallest absolute Gasteiger partial charge is 0.262 e. The van der Waals surface area contributed by atoms with Gasteiger partial charge in [0.1, 0.15) is 19.0 Å². The fraction of sp³-hybridized carbons (Fsp3) is 0.269. The predicted octanol–water partition coefficient (Wildman–Crippen LogP) is 3.30. The summed E-state index contributed by atoms with van der Waals surface area (Å²) in [6.07, 6.45) is 0. The highest BCUT2D eigenvalue weighted by Crippen LogP contribution is 2.32. The van der Waals surface area contributed by atoms with Gasteiger partial charge in [0, 0.05) is 23.9 Å². The molecule has 3 aromatic rings. The molecule has 0 saturated heterocycles. The number of nitrogens with one attached hydrogen (secondary N) is 2. The third-order valence-electron chi connectivity index (χ3n) is 5.80. The van der Waals surface area contributed by atoms with Crippen molar-refractivity contribution in [3.8, 4) is 17.2 Å². The predicted molar refractivity (Wildman–Crippen MR) is 136 cm³/mol. The summed E-state index contributed by atoms with van der Waals surface area (Å²) in [5.74, 6) is 1.42. The summed E-state index contributed by atoms with van der Waals surface area (Å²) in [5.41, 5.74) is 1.81. The van der Waals surface area contributed by atoms with Crippen molar-refractivity contribution >= 4 is 21.6 Å². The molecule has 2 N–H and O–H groups in total. The molecule has 190 valence electrons. The van der Waals surface area contributed by atoms with Crippen molar-refractivity contribution in [3.63, 3.8) is 0 Å². The summed E-state index contributed by atoms with van der Waals surface area (Å²) >= 11 is 0. The lowest BCUT2D eigenvalue weighted by atomic mass is 10.1. The monoisotopic (exact) mass is 511 g/mol. The largest absolute Gasteiger partial charge is 0.497 e. The highest BCUT2D eigenvalue weighted by Gasteiger charge is 2.20. The Balaban J connectivity index is 1.39. The van der Waals surface area contributed by atoms with E-state index in [0.29, 0.717) is 42.5 Å². The lowest BCUT2D eigenvalue weighted by molar-refractivity contribution is 0.0942. The van der Waals surface area contributed by atoms with Crippen molar-refractivity contribution in [1.82, 2.24) is 10.2 Å². The number of amides is 1. The molecule has 0 aliphatic carbocycles. The maximum absolute atomic E-state index is 12.8. The number of sulfonamides is 1. The van der Waals surface area contributed by atoms with Crippen LogP contribution in [0.1, 0.15) is 22.0 Å². The first kappa shape index (κ1) is 25.3. The van der Waals surface area contributed by atoms with Crippen LogP contribution in [0, 0.1) is 0 Å². The van der Waals surface area contributed by atoms with Crippen LogP contribution in [-0.2, 0) is 10.0 Å². The maximum atomic E-state index is 12.8. The Morgan fingerprint density at radius 2 is 1.64 bits per heavy atom. The molecular weight excluding hydrogens is 482 g/mol. The van der Waals surface area contributed by atoms with Gasteiger partial charge in [-0.25, -0.2) is 8.42 Å². The fourth-order valence-corrected chi connectivity index (χ4v) is 4.88. The van der Waals surface area contributed by atoms with Gasteiger partial charge < -0.3 is 24.4 Å². The minimum absolute atomic E-state index is 0.0306. The van der Waals surface area contributed by atoms with Crippen molar-refractivity contribution in [2.24, 2.45) is 0 Å². The first-order chi connectivity index (χ1) is 17.3. The molecule has 3 aromatic carbocycles. The second-order valence-electron chi connectivity index (χ2n) is 8.45. The summed E-state index contributed by atoms with van der Waals surface area (Å²) in [7, 11) is 1.67. The third kappa shape index (κ3) is 5.89. The lowest BCUT2D eigenvalue weighted by Crippen LogP contribution is -2.34. The topological polar surface area (TPSA) is 106 Å². The number of rotatable bonds is 9. The Morgan fingerprint density at radius 3 is 2.28 bits per heavy atom. The standard InChI is InChI=1S/C26H29N3O6S/c1-29(2)23(18-6-10-21(33-3)11-7-18)17-27-26(30)19-4-8-20(9-5-19)28-36(31,32)22-12-13-24-25(16-22)35-15-14-34-24/h4-13,16,23,28H,14-15,17H2,1-3H3,(H,27,30)/t23-/m1/s1. The van der Waals surface area contributed by atoms with Crippen LogP contribution < -0.4 is 24.2 Å². The van der Waals surface area contributed by atoms with E-state index in [2.05, 4.69) is 10.0 Å². The van der Waals surface area contributed by atoms with Gasteiger partial charge in [0.05, 0.1) is 18.0 Å². The fourth-order valence-electron chi connectivity index (χ4n) is 3.81. The number of hydrogen-bond acceptors (Lipinski definition) is 7. The summed E-state index contributed by atoms with van der Waals surface area (Å²) in [4.78, 5) is 14.8. The highest BCUT2D eigenvalue weighted by molar-refractivity contribution is 7.92. The number of anilines is 1. The summed E-state index contributed by atoms with van der Waals surface area (Å²) in [5, 5.41) is 2.95. The Labute approximate surface area is 211 Å². The number of methoxy groups -OCH3 is 1. The van der Waals surface area contributed by atoms with E-state index in [0.717, 1.165) is 11.3 Å². The molecule has 0 aromatic heterocycles. The molecule has 0 spiro atoms. The van der Waals surface area contributed by atoms with Gasteiger partial charge in [0.2, 0.25) is 0 Å². The second kappa shape index (κ2) is 10.9. The molecule has 0 bridgehead atoms. The van der Waals surface area contributed by atoms with Crippen LogP contribution >= 0.6 is 0 Å². The number of likely N-dealkylation sites (N-methyl/N-ethyl adjacent to an activating group) is 1. The summed E-state index contributed by atoms with van der Waals surface area (Å²) in [6.45, 7) is 1.19. The number of ether oxygens (including phenoxy) is 3. The summed E-state index contributed by atoms with van der Waals surface area (Å²) in [6, 6.07) is 18.4. The van der Waals surface area contributed by atoms with E-state index >= 15 is 0 Å². The molecule has 1 atom stereocenters. The van der Waals surface area contributed by atoms with Crippen LogP contribution in [0.25, 0.3) is 0 Å². The molecule has 0 unspecified atom stereocenters. The van der Waals surface area contributed by atoms with Crippen LogP contribution in [0.3, 0.4) is 0 Å². The van der Waals surface area contributed by atoms with Crippen molar-refractivity contribution in [1.29, 1.82) is 0 Å². The van der Waals surface area contributed by atoms with Crippen LogP contribution in [0.5, 0.6) is 17.2 Å². The molecule has 36 heavy (non-hydrogen) atoms. The van der Waals surface area contributed by atoms with Crippen molar-refractivity contribution in [3.05, 3.63) is 77.9 Å². The number of hydrogen-bond donors (Lipinski definition) is 2. The molecule has 1 aliphatic heterocycles. The molecule has 0 saturated carbocycles. The minimum atomic E-state index is -3.85. The van der Waals surface area contributed by atoms with Gasteiger partial charge in [0.15, 0.2) is 11.5 Å². The molecular formula is C26H29N3O6S. The molecule has 0 fully saturated rings. The second-order valence-corrected chi connectivity index (χ2v) is 10.1. The molecule has 0 radical (unpaired) electrons. The first-order valence-electron chi connectivity index (χ1n) is 11.4. The van der Waals surface area contributed by atoms with Gasteiger partial charge in [0.25, 0.3) is 15.9 Å². The van der Waals surface area contributed by atoms with Gasteiger partial charge in [-0.3, -0.25) is 9.52 Å². The number of nitrogens with zero attached hydrogens (tertiary/aromatic N) is 1. The molecule has 1 heterocycles. The van der Waals surface area contributed by atoms with Crippen molar-refractivity contribution in [2.45, 2.75) is 10.9 Å². The number of fused-ring (bicyclic) bond motifs is 1. The van der Waals surface area contributed by atoms with E-state index in [-0.39, 0.29) is 16.8 Å². The quantitative estimate of drug-likeness (QED) is 0.454. The number of carbonyl (C=O) groups excluding carboxylic acids is 1. The Bertz CT molecular complexity index is 1310. The first-order valence-corrected chi connectivity index (χ1v) is 12.9.